The Morgan fingerprint density at radius 1 is 0.333 bits per heavy atom. The molecule has 2 aliphatic carbocycles. The number of benzene rings is 8. The van der Waals surface area contributed by atoms with Gasteiger partial charge in [0.05, 0.1) is 0 Å². The molecule has 0 radical (unpaired) electrons. The van der Waals surface area contributed by atoms with Crippen molar-refractivity contribution in [3.63, 3.8) is 0 Å². The highest BCUT2D eigenvalue weighted by atomic mass is 14.4. The van der Waals surface area contributed by atoms with Crippen LogP contribution in [-0.4, -0.2) is 0 Å². The molecule has 316 valence electrons. The average molecular weight is 821 g/mol. The van der Waals surface area contributed by atoms with Gasteiger partial charge in [0.15, 0.2) is 0 Å². The summed E-state index contributed by atoms with van der Waals surface area (Å²) in [7, 11) is 0. The molecular formula is C63H64. The summed E-state index contributed by atoms with van der Waals surface area (Å²) in [5.74, 6) is 0. The first-order chi connectivity index (χ1) is 30.4. The molecular weight excluding hydrogens is 757 g/mol. The largest absolute Gasteiger partial charge is 0.0651 e. The summed E-state index contributed by atoms with van der Waals surface area (Å²) >= 11 is 0. The third kappa shape index (κ3) is 8.62. The van der Waals surface area contributed by atoms with Crippen LogP contribution in [0.15, 0.2) is 176 Å². The summed E-state index contributed by atoms with van der Waals surface area (Å²) in [6.07, 6.45) is 4.62. The predicted molar refractivity (Wildman–Crippen MR) is 273 cm³/mol. The zero-order chi connectivity index (χ0) is 44.3. The Hall–Kier alpha value is -6.24. The number of fused-ring (bicyclic) bond motifs is 6. The maximum Gasteiger partial charge on any atom is 0.0159 e. The second kappa shape index (κ2) is 18.2. The third-order valence-electron chi connectivity index (χ3n) is 13.6. The molecule has 8 aromatic carbocycles. The Morgan fingerprint density at radius 3 is 1.40 bits per heavy atom. The summed E-state index contributed by atoms with van der Waals surface area (Å²) in [5, 5.41) is 0. The Labute approximate surface area is 378 Å². The van der Waals surface area contributed by atoms with Gasteiger partial charge in [-0.1, -0.05) is 235 Å². The van der Waals surface area contributed by atoms with Crippen molar-refractivity contribution in [3.05, 3.63) is 226 Å². The van der Waals surface area contributed by atoms with E-state index in [2.05, 4.69) is 238 Å². The molecule has 10 rings (SSSR count). The fraction of sp³-hybridized carbons (Fsp3) is 0.238. The van der Waals surface area contributed by atoms with Gasteiger partial charge in [0.25, 0.3) is 0 Å². The minimum atomic E-state index is 0.0735. The van der Waals surface area contributed by atoms with E-state index in [0.717, 1.165) is 19.3 Å². The second-order valence-electron chi connectivity index (χ2n) is 18.9. The van der Waals surface area contributed by atoms with Crippen LogP contribution in [0.2, 0.25) is 0 Å². The van der Waals surface area contributed by atoms with Crippen molar-refractivity contribution < 1.29 is 0 Å². The van der Waals surface area contributed by atoms with Gasteiger partial charge in [0.1, 0.15) is 0 Å². The van der Waals surface area contributed by atoms with Crippen LogP contribution in [0, 0.1) is 20.8 Å². The van der Waals surface area contributed by atoms with E-state index in [1.54, 1.807) is 0 Å². The minimum Gasteiger partial charge on any atom is -0.0651 e. The number of rotatable bonds is 7. The van der Waals surface area contributed by atoms with Crippen LogP contribution in [0.1, 0.15) is 104 Å². The van der Waals surface area contributed by atoms with Crippen molar-refractivity contribution in [3.8, 4) is 55.6 Å². The van der Waals surface area contributed by atoms with Crippen molar-refractivity contribution in [2.75, 3.05) is 0 Å². The molecule has 2 aliphatic rings. The highest BCUT2D eigenvalue weighted by Crippen LogP contribution is 2.50. The number of aryl methyl sites for hydroxylation is 4. The first-order valence-electron chi connectivity index (χ1n) is 23.2. The number of hydrogen-bond acceptors (Lipinski definition) is 0. The lowest BCUT2D eigenvalue weighted by Gasteiger charge is -2.22. The standard InChI is InChI=1S/C24H24.C23H24.C16H16/c1-4-7-17-10-12-18(13-11-17)19-14-15-21-20-8-5-6-9-22(20)24(2,3)23(21)16-19;1-4-8-22-21(19-15-13-17(2)14-16-19)11-7-12-23(22)20-10-6-5-9-18(20)3;1-11-8-9-13-12-6-4-5-7-14(12)16(2,3)15(13)10-11/h5-6,8-16H,4,7H2,1-3H3;5-7,9-16H,4,8H2,1-3H3;4-10H,1-3H3. The maximum atomic E-state index is 2.39. The molecule has 0 saturated carbocycles. The molecule has 0 saturated heterocycles. The molecule has 0 spiro atoms. The smallest absolute Gasteiger partial charge is 0.0159 e. The van der Waals surface area contributed by atoms with Crippen LogP contribution >= 0.6 is 0 Å². The van der Waals surface area contributed by atoms with E-state index in [1.165, 1.54) is 112 Å². The van der Waals surface area contributed by atoms with Gasteiger partial charge < -0.3 is 0 Å². The van der Waals surface area contributed by atoms with E-state index in [1.807, 2.05) is 0 Å². The third-order valence-corrected chi connectivity index (χ3v) is 13.6. The molecule has 0 heteroatoms. The lowest BCUT2D eigenvalue weighted by atomic mass is 9.81. The molecule has 8 aromatic rings. The fourth-order valence-corrected chi connectivity index (χ4v) is 10.1. The van der Waals surface area contributed by atoms with Crippen LogP contribution in [-0.2, 0) is 23.7 Å². The van der Waals surface area contributed by atoms with E-state index in [-0.39, 0.29) is 10.8 Å². The van der Waals surface area contributed by atoms with Crippen LogP contribution < -0.4 is 0 Å². The van der Waals surface area contributed by atoms with Gasteiger partial charge in [0, 0.05) is 10.8 Å². The molecule has 0 N–H and O–H groups in total. The summed E-state index contributed by atoms with van der Waals surface area (Å²) in [5.41, 5.74) is 26.5. The number of hydrogen-bond donors (Lipinski definition) is 0. The topological polar surface area (TPSA) is 0 Å². The van der Waals surface area contributed by atoms with Crippen molar-refractivity contribution >= 4 is 0 Å². The van der Waals surface area contributed by atoms with Crippen LogP contribution in [0.3, 0.4) is 0 Å². The highest BCUT2D eigenvalue weighted by Gasteiger charge is 2.36. The van der Waals surface area contributed by atoms with E-state index < -0.39 is 0 Å². The Balaban J connectivity index is 0.000000132. The van der Waals surface area contributed by atoms with Gasteiger partial charge >= 0.3 is 0 Å². The summed E-state index contributed by atoms with van der Waals surface area (Å²) in [4.78, 5) is 0. The molecule has 0 heterocycles. The van der Waals surface area contributed by atoms with Gasteiger partial charge in [-0.25, -0.2) is 0 Å². The average Bonchev–Trinajstić information content (AvgIpc) is 3.66. The predicted octanol–water partition coefficient (Wildman–Crippen LogP) is 17.5. The summed E-state index contributed by atoms with van der Waals surface area (Å²) < 4.78 is 0. The highest BCUT2D eigenvalue weighted by molar-refractivity contribution is 5.84. The molecule has 0 aliphatic heterocycles. The minimum absolute atomic E-state index is 0.0735. The van der Waals surface area contributed by atoms with Crippen molar-refractivity contribution in [2.24, 2.45) is 0 Å². The van der Waals surface area contributed by atoms with Gasteiger partial charge in [-0.2, -0.15) is 0 Å². The monoisotopic (exact) mass is 821 g/mol. The van der Waals surface area contributed by atoms with Gasteiger partial charge in [0.2, 0.25) is 0 Å². The SMILES string of the molecule is CCCc1c(-c2ccc(C)cc2)cccc1-c1ccccc1C.CCCc1ccc(-c2ccc3c(c2)C(C)(C)c2ccccc2-3)cc1.Cc1ccc2c(c1)C(C)(C)c1ccccc1-2. The van der Waals surface area contributed by atoms with Crippen LogP contribution in [0.5, 0.6) is 0 Å². The molecule has 0 bridgehead atoms. The zero-order valence-electron chi connectivity index (χ0n) is 39.1. The first kappa shape index (κ1) is 43.4. The zero-order valence-corrected chi connectivity index (χ0v) is 39.1. The van der Waals surface area contributed by atoms with Crippen LogP contribution in [0.4, 0.5) is 0 Å². The summed E-state index contributed by atoms with van der Waals surface area (Å²) in [6.45, 7) is 20.3. The molecule has 0 unspecified atom stereocenters. The Bertz CT molecular complexity index is 2860. The van der Waals surface area contributed by atoms with E-state index in [4.69, 9.17) is 0 Å². The van der Waals surface area contributed by atoms with Gasteiger partial charge in [-0.15, -0.1) is 0 Å². The first-order valence-corrected chi connectivity index (χ1v) is 23.2. The van der Waals surface area contributed by atoms with E-state index in [9.17, 15) is 0 Å². The molecule has 0 atom stereocenters. The maximum absolute atomic E-state index is 2.39. The van der Waals surface area contributed by atoms with Crippen molar-refractivity contribution in [1.82, 2.24) is 0 Å². The normalized spacial score (nSPS) is 13.3. The van der Waals surface area contributed by atoms with E-state index >= 15 is 0 Å². The lowest BCUT2D eigenvalue weighted by Crippen LogP contribution is -2.14. The summed E-state index contributed by atoms with van der Waals surface area (Å²) in [6, 6.07) is 64.7. The molecule has 0 amide bonds. The van der Waals surface area contributed by atoms with Crippen molar-refractivity contribution in [1.29, 1.82) is 0 Å². The Kier molecular flexibility index (Phi) is 12.6. The fourth-order valence-electron chi connectivity index (χ4n) is 10.1. The second-order valence-corrected chi connectivity index (χ2v) is 18.9. The Morgan fingerprint density at radius 2 is 0.794 bits per heavy atom. The van der Waals surface area contributed by atoms with Crippen LogP contribution in [0.25, 0.3) is 55.6 Å². The van der Waals surface area contributed by atoms with E-state index in [0.29, 0.717) is 0 Å². The molecule has 0 nitrogen and oxygen atoms in total. The molecule has 0 fully saturated rings. The van der Waals surface area contributed by atoms with Crippen molar-refractivity contribution in [2.45, 2.75) is 98.8 Å². The van der Waals surface area contributed by atoms with Gasteiger partial charge in [-0.3, -0.25) is 0 Å². The molecule has 0 aromatic heterocycles. The lowest BCUT2D eigenvalue weighted by molar-refractivity contribution is 0.660. The molecule has 63 heavy (non-hydrogen) atoms. The van der Waals surface area contributed by atoms with Gasteiger partial charge in [-0.05, 0) is 134 Å². The quantitative estimate of drug-likeness (QED) is 0.150.